The van der Waals surface area contributed by atoms with Crippen molar-refractivity contribution in [2.45, 2.75) is 50.4 Å². The van der Waals surface area contributed by atoms with E-state index in [1.807, 2.05) is 4.68 Å². The van der Waals surface area contributed by atoms with Gasteiger partial charge in [-0.1, -0.05) is 0 Å². The van der Waals surface area contributed by atoms with E-state index in [0.717, 1.165) is 31.8 Å². The molecule has 3 rings (SSSR count). The van der Waals surface area contributed by atoms with E-state index >= 15 is 0 Å². The lowest BCUT2D eigenvalue weighted by atomic mass is 9.99. The third kappa shape index (κ3) is 2.77. The van der Waals surface area contributed by atoms with E-state index < -0.39 is 0 Å². The second kappa shape index (κ2) is 5.52. The van der Waals surface area contributed by atoms with Gasteiger partial charge in [0.1, 0.15) is 0 Å². The van der Waals surface area contributed by atoms with Gasteiger partial charge in [0.25, 0.3) is 0 Å². The van der Waals surface area contributed by atoms with Crippen LogP contribution < -0.4 is 5.73 Å². The highest BCUT2D eigenvalue weighted by Gasteiger charge is 2.31. The normalized spacial score (nSPS) is 28.7. The first-order valence-electron chi connectivity index (χ1n) is 7.05. The number of tetrazole rings is 1. The third-order valence-electron chi connectivity index (χ3n) is 4.19. The Morgan fingerprint density at radius 3 is 2.89 bits per heavy atom. The quantitative estimate of drug-likeness (QED) is 0.804. The molecule has 1 aliphatic carbocycles. The van der Waals surface area contributed by atoms with Gasteiger partial charge in [-0.05, 0) is 36.1 Å². The Kier molecular flexibility index (Phi) is 3.76. The maximum Gasteiger partial charge on any atom is 0.165 e. The van der Waals surface area contributed by atoms with Gasteiger partial charge in [-0.15, -0.1) is 5.10 Å². The van der Waals surface area contributed by atoms with Gasteiger partial charge in [0.15, 0.2) is 5.82 Å². The van der Waals surface area contributed by atoms with E-state index in [0.29, 0.717) is 24.7 Å². The summed E-state index contributed by atoms with van der Waals surface area (Å²) in [6, 6.07) is 0.890. The Balaban J connectivity index is 1.66. The SMILES string of the molecule is COC1CCN(Cc2nnnn2C2CC2)C(CN)C1. The molecule has 0 bridgehead atoms. The Morgan fingerprint density at radius 2 is 2.21 bits per heavy atom. The molecular formula is C12H22N6O. The average molecular weight is 266 g/mol. The predicted octanol–water partition coefficient (Wildman–Crippen LogP) is -0.0539. The fourth-order valence-corrected chi connectivity index (χ4v) is 2.83. The monoisotopic (exact) mass is 266 g/mol. The summed E-state index contributed by atoms with van der Waals surface area (Å²) in [6.45, 7) is 2.45. The highest BCUT2D eigenvalue weighted by molar-refractivity contribution is 4.93. The van der Waals surface area contributed by atoms with Crippen LogP contribution in [-0.2, 0) is 11.3 Å². The fourth-order valence-electron chi connectivity index (χ4n) is 2.83. The lowest BCUT2D eigenvalue weighted by Gasteiger charge is -2.38. The molecule has 0 spiro atoms. The number of hydrogen-bond donors (Lipinski definition) is 1. The zero-order valence-electron chi connectivity index (χ0n) is 11.4. The second-order valence-electron chi connectivity index (χ2n) is 5.51. The van der Waals surface area contributed by atoms with Crippen LogP contribution >= 0.6 is 0 Å². The largest absolute Gasteiger partial charge is 0.381 e. The van der Waals surface area contributed by atoms with Crippen molar-refractivity contribution < 1.29 is 4.74 Å². The molecular weight excluding hydrogens is 244 g/mol. The fraction of sp³-hybridized carbons (Fsp3) is 0.917. The number of nitrogens with two attached hydrogens (primary N) is 1. The topological polar surface area (TPSA) is 82.1 Å². The molecule has 106 valence electrons. The van der Waals surface area contributed by atoms with Crippen LogP contribution in [0.5, 0.6) is 0 Å². The number of rotatable bonds is 5. The first kappa shape index (κ1) is 13.0. The van der Waals surface area contributed by atoms with Crippen molar-refractivity contribution in [2.75, 3.05) is 20.2 Å². The molecule has 7 heteroatoms. The van der Waals surface area contributed by atoms with Gasteiger partial charge in [0, 0.05) is 26.2 Å². The summed E-state index contributed by atoms with van der Waals surface area (Å²) >= 11 is 0. The zero-order valence-corrected chi connectivity index (χ0v) is 11.4. The maximum atomic E-state index is 5.89. The van der Waals surface area contributed by atoms with Gasteiger partial charge in [-0.3, -0.25) is 4.90 Å². The van der Waals surface area contributed by atoms with Crippen LogP contribution in [0.2, 0.25) is 0 Å². The molecule has 1 aromatic rings. The van der Waals surface area contributed by atoms with Gasteiger partial charge < -0.3 is 10.5 Å². The van der Waals surface area contributed by atoms with E-state index in [2.05, 4.69) is 20.4 Å². The van der Waals surface area contributed by atoms with Crippen LogP contribution in [0.3, 0.4) is 0 Å². The van der Waals surface area contributed by atoms with Crippen molar-refractivity contribution >= 4 is 0 Å². The maximum absolute atomic E-state index is 5.89. The Morgan fingerprint density at radius 1 is 1.37 bits per heavy atom. The van der Waals surface area contributed by atoms with Crippen LogP contribution in [0.4, 0.5) is 0 Å². The van der Waals surface area contributed by atoms with E-state index in [4.69, 9.17) is 10.5 Å². The van der Waals surface area contributed by atoms with Crippen LogP contribution in [-0.4, -0.2) is 57.5 Å². The number of nitrogens with zero attached hydrogens (tertiary/aromatic N) is 5. The van der Waals surface area contributed by atoms with Crippen LogP contribution in [0.15, 0.2) is 0 Å². The lowest BCUT2D eigenvalue weighted by Crippen LogP contribution is -2.48. The van der Waals surface area contributed by atoms with Crippen molar-refractivity contribution in [2.24, 2.45) is 5.73 Å². The molecule has 0 amide bonds. The van der Waals surface area contributed by atoms with Crippen LogP contribution in [0.25, 0.3) is 0 Å². The zero-order chi connectivity index (χ0) is 13.2. The third-order valence-corrected chi connectivity index (χ3v) is 4.19. The highest BCUT2D eigenvalue weighted by atomic mass is 16.5. The highest BCUT2D eigenvalue weighted by Crippen LogP contribution is 2.34. The smallest absolute Gasteiger partial charge is 0.165 e. The van der Waals surface area contributed by atoms with Crippen molar-refractivity contribution in [3.05, 3.63) is 5.82 Å². The van der Waals surface area contributed by atoms with Gasteiger partial charge in [-0.25, -0.2) is 4.68 Å². The van der Waals surface area contributed by atoms with Crippen molar-refractivity contribution in [3.8, 4) is 0 Å². The summed E-state index contributed by atoms with van der Waals surface area (Å²) in [5.41, 5.74) is 5.89. The summed E-state index contributed by atoms with van der Waals surface area (Å²) in [6.07, 6.45) is 4.79. The lowest BCUT2D eigenvalue weighted by molar-refractivity contribution is 0.00881. The molecule has 1 aromatic heterocycles. The molecule has 1 saturated heterocycles. The summed E-state index contributed by atoms with van der Waals surface area (Å²) in [7, 11) is 1.78. The molecule has 7 nitrogen and oxygen atoms in total. The molecule has 2 N–H and O–H groups in total. The van der Waals surface area contributed by atoms with Gasteiger partial charge in [0.2, 0.25) is 0 Å². The molecule has 19 heavy (non-hydrogen) atoms. The number of aromatic nitrogens is 4. The van der Waals surface area contributed by atoms with Crippen LogP contribution in [0.1, 0.15) is 37.5 Å². The molecule has 0 aromatic carbocycles. The van der Waals surface area contributed by atoms with E-state index in [9.17, 15) is 0 Å². The summed E-state index contributed by atoms with van der Waals surface area (Å²) in [5.74, 6) is 0.969. The minimum atomic E-state index is 0.337. The standard InChI is InChI=1S/C12H22N6O/c1-19-11-4-5-17(10(6-11)7-13)8-12-14-15-16-18(12)9-2-3-9/h9-11H,2-8,13H2,1H3. The van der Waals surface area contributed by atoms with Gasteiger partial charge in [0.05, 0.1) is 18.7 Å². The van der Waals surface area contributed by atoms with E-state index in [1.54, 1.807) is 7.11 Å². The summed E-state index contributed by atoms with van der Waals surface area (Å²) in [4.78, 5) is 2.39. The number of ether oxygens (including phenoxy) is 1. The minimum absolute atomic E-state index is 0.337. The number of piperidine rings is 1. The molecule has 1 aliphatic heterocycles. The van der Waals surface area contributed by atoms with Gasteiger partial charge >= 0.3 is 0 Å². The summed E-state index contributed by atoms with van der Waals surface area (Å²) in [5, 5.41) is 12.1. The van der Waals surface area contributed by atoms with Crippen molar-refractivity contribution in [3.63, 3.8) is 0 Å². The predicted molar refractivity (Wildman–Crippen MR) is 69.4 cm³/mol. The Hall–Kier alpha value is -1.05. The molecule has 2 aliphatic rings. The summed E-state index contributed by atoms with van der Waals surface area (Å²) < 4.78 is 7.43. The number of methoxy groups -OCH3 is 1. The molecule has 1 saturated carbocycles. The van der Waals surface area contributed by atoms with E-state index in [1.165, 1.54) is 12.8 Å². The average Bonchev–Trinajstić information content (AvgIpc) is 3.19. The first-order valence-corrected chi connectivity index (χ1v) is 7.05. The number of likely N-dealkylation sites (tertiary alicyclic amines) is 1. The van der Waals surface area contributed by atoms with Crippen LogP contribution in [0, 0.1) is 0 Å². The van der Waals surface area contributed by atoms with Crippen molar-refractivity contribution in [1.82, 2.24) is 25.1 Å². The first-order chi connectivity index (χ1) is 9.31. The Bertz CT molecular complexity index is 418. The second-order valence-corrected chi connectivity index (χ2v) is 5.51. The van der Waals surface area contributed by atoms with Crippen molar-refractivity contribution in [1.29, 1.82) is 0 Å². The molecule has 0 radical (unpaired) electrons. The number of hydrogen-bond acceptors (Lipinski definition) is 6. The molecule has 2 atom stereocenters. The minimum Gasteiger partial charge on any atom is -0.381 e. The van der Waals surface area contributed by atoms with Gasteiger partial charge in [-0.2, -0.15) is 0 Å². The Labute approximate surface area is 113 Å². The molecule has 2 heterocycles. The van der Waals surface area contributed by atoms with E-state index in [-0.39, 0.29) is 0 Å². The molecule has 2 unspecified atom stereocenters. The molecule has 2 fully saturated rings.